The molecule has 0 saturated carbocycles. The van der Waals surface area contributed by atoms with E-state index in [2.05, 4.69) is 30.9 Å². The van der Waals surface area contributed by atoms with Gasteiger partial charge in [-0.1, -0.05) is 12.1 Å². The highest BCUT2D eigenvalue weighted by Crippen LogP contribution is 2.30. The van der Waals surface area contributed by atoms with Crippen LogP contribution in [0.3, 0.4) is 0 Å². The third-order valence-corrected chi connectivity index (χ3v) is 5.79. The Bertz CT molecular complexity index is 1600. The van der Waals surface area contributed by atoms with Gasteiger partial charge in [-0.3, -0.25) is 9.36 Å². The van der Waals surface area contributed by atoms with E-state index in [1.165, 1.54) is 18.5 Å². The highest BCUT2D eigenvalue weighted by atomic mass is 19.4. The fourth-order valence-electron chi connectivity index (χ4n) is 3.74. The SMILES string of the molecule is Cc1ccc(NC(=O)c2cccc(C(F)(F)F)c2)cc1Nc1nccn1-c1cc(NCc2ccoc2)ncn1. The van der Waals surface area contributed by atoms with Crippen molar-refractivity contribution in [3.63, 3.8) is 0 Å². The van der Waals surface area contributed by atoms with Gasteiger partial charge in [0.2, 0.25) is 5.95 Å². The van der Waals surface area contributed by atoms with E-state index >= 15 is 0 Å². The summed E-state index contributed by atoms with van der Waals surface area (Å²) >= 11 is 0. The summed E-state index contributed by atoms with van der Waals surface area (Å²) in [5, 5.41) is 9.10. The molecule has 0 aliphatic carbocycles. The molecule has 0 atom stereocenters. The lowest BCUT2D eigenvalue weighted by molar-refractivity contribution is -0.137. The maximum absolute atomic E-state index is 13.0. The Hall–Kier alpha value is -5.13. The van der Waals surface area contributed by atoms with Crippen molar-refractivity contribution in [3.8, 4) is 5.82 Å². The summed E-state index contributed by atoms with van der Waals surface area (Å²) in [6.07, 6.45) is 3.48. The molecule has 198 valence electrons. The number of aromatic nitrogens is 4. The smallest absolute Gasteiger partial charge is 0.416 e. The van der Waals surface area contributed by atoms with Crippen LogP contribution in [0.15, 0.2) is 90.3 Å². The van der Waals surface area contributed by atoms with Gasteiger partial charge in [-0.05, 0) is 48.9 Å². The number of anilines is 4. The van der Waals surface area contributed by atoms with Crippen molar-refractivity contribution >= 4 is 29.0 Å². The van der Waals surface area contributed by atoms with Gasteiger partial charge < -0.3 is 20.4 Å². The number of nitrogens with zero attached hydrogens (tertiary/aromatic N) is 4. The van der Waals surface area contributed by atoms with Crippen molar-refractivity contribution < 1.29 is 22.4 Å². The Morgan fingerprint density at radius 2 is 1.92 bits per heavy atom. The maximum atomic E-state index is 13.0. The Morgan fingerprint density at radius 3 is 2.72 bits per heavy atom. The number of rotatable bonds is 8. The van der Waals surface area contributed by atoms with Crippen molar-refractivity contribution in [1.82, 2.24) is 19.5 Å². The summed E-state index contributed by atoms with van der Waals surface area (Å²) in [7, 11) is 0. The van der Waals surface area contributed by atoms with E-state index in [0.29, 0.717) is 35.5 Å². The maximum Gasteiger partial charge on any atom is 0.416 e. The summed E-state index contributed by atoms with van der Waals surface area (Å²) < 4.78 is 46.0. The number of amides is 1. The molecule has 0 aliphatic heterocycles. The Labute approximate surface area is 220 Å². The summed E-state index contributed by atoms with van der Waals surface area (Å²) in [5.41, 5.74) is 1.87. The van der Waals surface area contributed by atoms with E-state index in [0.717, 1.165) is 23.3 Å². The predicted molar refractivity (Wildman–Crippen MR) is 139 cm³/mol. The van der Waals surface area contributed by atoms with Crippen molar-refractivity contribution in [2.75, 3.05) is 16.0 Å². The van der Waals surface area contributed by atoms with Crippen LogP contribution in [0.4, 0.5) is 36.3 Å². The van der Waals surface area contributed by atoms with Gasteiger partial charge in [-0.2, -0.15) is 13.2 Å². The summed E-state index contributed by atoms with van der Waals surface area (Å²) in [5.74, 6) is 0.968. The standard InChI is InChI=1S/C27H22F3N7O2/c1-17-5-6-21(35-25(38)19-3-2-4-20(11-19)27(28,29)30)12-22(17)36-26-31-8-9-37(26)24-13-23(33-16-34-24)32-14-18-7-10-39-15-18/h2-13,15-16H,14H2,1H3,(H,31,36)(H,35,38)(H,32,33,34). The van der Waals surface area contributed by atoms with E-state index < -0.39 is 17.6 Å². The lowest BCUT2D eigenvalue weighted by Gasteiger charge is -2.14. The number of halogens is 3. The van der Waals surface area contributed by atoms with Crippen LogP contribution < -0.4 is 16.0 Å². The molecule has 0 unspecified atom stereocenters. The number of carbonyl (C=O) groups excluding carboxylic acids is 1. The second-order valence-corrected chi connectivity index (χ2v) is 8.55. The topological polar surface area (TPSA) is 110 Å². The molecule has 5 aromatic rings. The zero-order valence-electron chi connectivity index (χ0n) is 20.5. The Kier molecular flexibility index (Phi) is 7.00. The second kappa shape index (κ2) is 10.7. The monoisotopic (exact) mass is 533 g/mol. The van der Waals surface area contributed by atoms with E-state index in [-0.39, 0.29) is 5.56 Å². The average Bonchev–Trinajstić information content (AvgIpc) is 3.61. The molecule has 3 N–H and O–H groups in total. The van der Waals surface area contributed by atoms with Gasteiger partial charge in [0.05, 0.1) is 18.1 Å². The van der Waals surface area contributed by atoms with Crippen LogP contribution >= 0.6 is 0 Å². The number of aryl methyl sites for hydroxylation is 1. The molecule has 0 aliphatic rings. The minimum atomic E-state index is -4.54. The molecule has 9 nitrogen and oxygen atoms in total. The van der Waals surface area contributed by atoms with Crippen LogP contribution in [0.1, 0.15) is 27.0 Å². The largest absolute Gasteiger partial charge is 0.472 e. The van der Waals surface area contributed by atoms with Gasteiger partial charge in [-0.25, -0.2) is 15.0 Å². The molecule has 0 bridgehead atoms. The van der Waals surface area contributed by atoms with Crippen molar-refractivity contribution in [3.05, 3.63) is 108 Å². The van der Waals surface area contributed by atoms with Gasteiger partial charge in [-0.15, -0.1) is 0 Å². The van der Waals surface area contributed by atoms with Crippen LogP contribution in [0.2, 0.25) is 0 Å². The minimum Gasteiger partial charge on any atom is -0.472 e. The molecule has 0 fully saturated rings. The van der Waals surface area contributed by atoms with Crippen LogP contribution in [0.25, 0.3) is 5.82 Å². The molecule has 1 amide bonds. The molecule has 39 heavy (non-hydrogen) atoms. The number of benzene rings is 2. The van der Waals surface area contributed by atoms with Gasteiger partial charge >= 0.3 is 6.18 Å². The number of carbonyl (C=O) groups is 1. The van der Waals surface area contributed by atoms with Crippen LogP contribution in [0, 0.1) is 6.92 Å². The molecule has 0 spiro atoms. The van der Waals surface area contributed by atoms with Crippen molar-refractivity contribution in [1.29, 1.82) is 0 Å². The summed E-state index contributed by atoms with van der Waals surface area (Å²) in [6.45, 7) is 2.40. The Balaban J connectivity index is 1.32. The molecule has 5 rings (SSSR count). The highest BCUT2D eigenvalue weighted by molar-refractivity contribution is 6.04. The molecule has 3 heterocycles. The zero-order valence-corrected chi connectivity index (χ0v) is 20.5. The van der Waals surface area contributed by atoms with Gasteiger partial charge in [0, 0.05) is 47.5 Å². The first-order chi connectivity index (χ1) is 18.8. The molecule has 3 aromatic heterocycles. The first-order valence-electron chi connectivity index (χ1n) is 11.7. The summed E-state index contributed by atoms with van der Waals surface area (Å²) in [6, 6.07) is 13.0. The van der Waals surface area contributed by atoms with E-state index in [1.54, 1.807) is 53.8 Å². The van der Waals surface area contributed by atoms with Gasteiger partial charge in [0.25, 0.3) is 5.91 Å². The Morgan fingerprint density at radius 1 is 1.05 bits per heavy atom. The van der Waals surface area contributed by atoms with Crippen LogP contribution in [-0.4, -0.2) is 25.4 Å². The van der Waals surface area contributed by atoms with Crippen LogP contribution in [0.5, 0.6) is 0 Å². The fraction of sp³-hybridized carbons (Fsp3) is 0.111. The number of hydrogen-bond donors (Lipinski definition) is 3. The van der Waals surface area contributed by atoms with E-state index in [4.69, 9.17) is 4.42 Å². The minimum absolute atomic E-state index is 0.101. The fourth-order valence-corrected chi connectivity index (χ4v) is 3.74. The number of alkyl halides is 3. The molecular formula is C27H22F3N7O2. The predicted octanol–water partition coefficient (Wildman–Crippen LogP) is 6.19. The number of hydrogen-bond acceptors (Lipinski definition) is 7. The molecular weight excluding hydrogens is 511 g/mol. The van der Waals surface area contributed by atoms with Crippen molar-refractivity contribution in [2.24, 2.45) is 0 Å². The first kappa shape index (κ1) is 25.5. The molecule has 2 aromatic carbocycles. The molecule has 0 saturated heterocycles. The van der Waals surface area contributed by atoms with Gasteiger partial charge in [0.15, 0.2) is 0 Å². The van der Waals surface area contributed by atoms with Crippen LogP contribution in [-0.2, 0) is 12.7 Å². The number of nitrogens with one attached hydrogen (secondary N) is 3. The van der Waals surface area contributed by atoms with Gasteiger partial charge in [0.1, 0.15) is 18.0 Å². The first-order valence-corrected chi connectivity index (χ1v) is 11.7. The lowest BCUT2D eigenvalue weighted by Crippen LogP contribution is -2.14. The lowest BCUT2D eigenvalue weighted by atomic mass is 10.1. The second-order valence-electron chi connectivity index (χ2n) is 8.55. The van der Waals surface area contributed by atoms with E-state index in [1.807, 2.05) is 13.0 Å². The highest BCUT2D eigenvalue weighted by Gasteiger charge is 2.30. The van der Waals surface area contributed by atoms with E-state index in [9.17, 15) is 18.0 Å². The average molecular weight is 534 g/mol. The normalized spacial score (nSPS) is 11.3. The zero-order chi connectivity index (χ0) is 27.4. The quantitative estimate of drug-likeness (QED) is 0.218. The molecule has 0 radical (unpaired) electrons. The number of imidazole rings is 1. The third kappa shape index (κ3) is 6.06. The number of furan rings is 1. The summed E-state index contributed by atoms with van der Waals surface area (Å²) in [4.78, 5) is 25.6. The van der Waals surface area contributed by atoms with Crippen molar-refractivity contribution in [2.45, 2.75) is 19.6 Å². The molecule has 12 heteroatoms. The third-order valence-electron chi connectivity index (χ3n) is 5.79.